The van der Waals surface area contributed by atoms with Gasteiger partial charge in [-0.15, -0.1) is 11.6 Å². The van der Waals surface area contributed by atoms with Crippen molar-refractivity contribution in [2.24, 2.45) is 0 Å². The first-order chi connectivity index (χ1) is 6.53. The summed E-state index contributed by atoms with van der Waals surface area (Å²) < 4.78 is 35.7. The zero-order valence-corrected chi connectivity index (χ0v) is 8.59. The number of alkyl halides is 4. The van der Waals surface area contributed by atoms with Gasteiger partial charge in [0.1, 0.15) is 5.03 Å². The van der Waals surface area contributed by atoms with Crippen LogP contribution in [-0.2, 0) is 5.88 Å². The summed E-state index contributed by atoms with van der Waals surface area (Å²) in [6.45, 7) is 0. The highest BCUT2D eigenvalue weighted by Gasteiger charge is 2.27. The molecule has 1 rings (SSSR count). The molecule has 0 unspecified atom stereocenters. The van der Waals surface area contributed by atoms with Crippen molar-refractivity contribution >= 4 is 23.4 Å². The minimum absolute atomic E-state index is 0.175. The topological polar surface area (TPSA) is 12.9 Å². The summed E-state index contributed by atoms with van der Waals surface area (Å²) in [5.41, 5.74) is 0.628. The molecule has 6 heteroatoms. The van der Waals surface area contributed by atoms with Crippen LogP contribution in [0.25, 0.3) is 0 Å². The molecule has 0 amide bonds. The lowest BCUT2D eigenvalue weighted by atomic mass is 10.3. The van der Waals surface area contributed by atoms with Gasteiger partial charge in [-0.05, 0) is 11.6 Å². The summed E-state index contributed by atoms with van der Waals surface area (Å²) in [6.07, 6.45) is -2.72. The van der Waals surface area contributed by atoms with E-state index in [0.717, 1.165) is 0 Å². The van der Waals surface area contributed by atoms with Gasteiger partial charge in [-0.3, -0.25) is 0 Å². The van der Waals surface area contributed by atoms with Crippen molar-refractivity contribution in [3.05, 3.63) is 23.9 Å². The Kier molecular flexibility index (Phi) is 4.07. The molecule has 0 aromatic carbocycles. The number of nitrogens with zero attached hydrogens (tertiary/aromatic N) is 1. The van der Waals surface area contributed by atoms with Crippen molar-refractivity contribution < 1.29 is 13.2 Å². The summed E-state index contributed by atoms with van der Waals surface area (Å²) in [4.78, 5) is 3.83. The van der Waals surface area contributed by atoms with Crippen LogP contribution in [0.1, 0.15) is 5.56 Å². The molecule has 0 aliphatic heterocycles. The van der Waals surface area contributed by atoms with Gasteiger partial charge in [0.2, 0.25) is 0 Å². The summed E-state index contributed by atoms with van der Waals surface area (Å²) >= 11 is 6.21. The number of hydrogen-bond donors (Lipinski definition) is 0. The molecule has 14 heavy (non-hydrogen) atoms. The van der Waals surface area contributed by atoms with E-state index in [2.05, 4.69) is 4.98 Å². The van der Waals surface area contributed by atoms with Crippen LogP contribution < -0.4 is 0 Å². The van der Waals surface area contributed by atoms with Gasteiger partial charge < -0.3 is 0 Å². The molecule has 1 nitrogen and oxygen atoms in total. The molecule has 0 fully saturated rings. The Morgan fingerprint density at radius 3 is 2.71 bits per heavy atom. The van der Waals surface area contributed by atoms with Crippen LogP contribution >= 0.6 is 23.4 Å². The summed E-state index contributed by atoms with van der Waals surface area (Å²) in [5.74, 6) is -0.762. The number of halogens is 4. The number of rotatable bonds is 3. The summed E-state index contributed by atoms with van der Waals surface area (Å²) in [5, 5.41) is 0.347. The van der Waals surface area contributed by atoms with Gasteiger partial charge in [0.25, 0.3) is 0 Å². The fraction of sp³-hybridized carbons (Fsp3) is 0.375. The highest BCUT2D eigenvalue weighted by atomic mass is 35.5. The van der Waals surface area contributed by atoms with E-state index in [4.69, 9.17) is 11.6 Å². The SMILES string of the molecule is FC(F)(F)CSc1ncccc1CCl. The number of aromatic nitrogens is 1. The Labute approximate surface area is 88.7 Å². The van der Waals surface area contributed by atoms with E-state index in [1.807, 2.05) is 0 Å². The maximum Gasteiger partial charge on any atom is 0.398 e. The predicted molar refractivity (Wildman–Crippen MR) is 50.6 cm³/mol. The van der Waals surface area contributed by atoms with Gasteiger partial charge in [0, 0.05) is 6.20 Å². The Balaban J connectivity index is 2.67. The third-order valence-electron chi connectivity index (χ3n) is 1.37. The zero-order valence-electron chi connectivity index (χ0n) is 7.01. The molecular formula is C8H7ClF3NS. The molecule has 1 aromatic heterocycles. The monoisotopic (exact) mass is 241 g/mol. The first kappa shape index (κ1) is 11.7. The van der Waals surface area contributed by atoms with E-state index < -0.39 is 11.9 Å². The molecule has 0 atom stereocenters. The number of pyridine rings is 1. The highest BCUT2D eigenvalue weighted by molar-refractivity contribution is 7.99. The van der Waals surface area contributed by atoms with Gasteiger partial charge in [0.15, 0.2) is 0 Å². The van der Waals surface area contributed by atoms with Crippen LogP contribution in [0.4, 0.5) is 13.2 Å². The van der Waals surface area contributed by atoms with Crippen molar-refractivity contribution in [1.82, 2.24) is 4.98 Å². The second-order valence-corrected chi connectivity index (χ2v) is 3.74. The third-order valence-corrected chi connectivity index (χ3v) is 2.77. The standard InChI is InChI=1S/C8H7ClF3NS/c9-4-6-2-1-3-13-7(6)14-5-8(10,11)12/h1-3H,4-5H2. The van der Waals surface area contributed by atoms with Crippen molar-refractivity contribution in [3.63, 3.8) is 0 Å². The van der Waals surface area contributed by atoms with Gasteiger partial charge in [-0.1, -0.05) is 17.8 Å². The molecule has 78 valence electrons. The van der Waals surface area contributed by atoms with Crippen LogP contribution in [0.5, 0.6) is 0 Å². The molecule has 0 bridgehead atoms. The average Bonchev–Trinajstić information content (AvgIpc) is 2.14. The summed E-state index contributed by atoms with van der Waals surface area (Å²) in [6, 6.07) is 3.31. The van der Waals surface area contributed by atoms with Crippen LogP contribution in [0.3, 0.4) is 0 Å². The second kappa shape index (κ2) is 4.89. The first-order valence-electron chi connectivity index (χ1n) is 3.72. The fourth-order valence-corrected chi connectivity index (χ4v) is 1.86. The Hall–Kier alpha value is -0.420. The maximum atomic E-state index is 11.9. The molecule has 0 aliphatic rings. The summed E-state index contributed by atoms with van der Waals surface area (Å²) in [7, 11) is 0. The highest BCUT2D eigenvalue weighted by Crippen LogP contribution is 2.28. The predicted octanol–water partition coefficient (Wildman–Crippen LogP) is 3.47. The van der Waals surface area contributed by atoms with E-state index in [0.29, 0.717) is 22.4 Å². The lowest BCUT2D eigenvalue weighted by molar-refractivity contribution is -0.105. The van der Waals surface area contributed by atoms with E-state index in [9.17, 15) is 13.2 Å². The molecule has 1 heterocycles. The molecule has 0 saturated carbocycles. The molecular weight excluding hydrogens is 235 g/mol. The molecule has 1 aromatic rings. The molecule has 0 aliphatic carbocycles. The smallest absolute Gasteiger partial charge is 0.250 e. The van der Waals surface area contributed by atoms with Crippen molar-refractivity contribution in [3.8, 4) is 0 Å². The Bertz CT molecular complexity index is 303. The van der Waals surface area contributed by atoms with Gasteiger partial charge >= 0.3 is 6.18 Å². The lowest BCUT2D eigenvalue weighted by Crippen LogP contribution is -2.11. The van der Waals surface area contributed by atoms with Gasteiger partial charge in [-0.2, -0.15) is 13.2 Å². The minimum atomic E-state index is -4.17. The van der Waals surface area contributed by atoms with E-state index >= 15 is 0 Å². The normalized spacial score (nSPS) is 11.7. The molecule has 0 spiro atoms. The number of thioether (sulfide) groups is 1. The maximum absolute atomic E-state index is 11.9. The zero-order chi connectivity index (χ0) is 10.6. The second-order valence-electron chi connectivity index (χ2n) is 2.51. The fourth-order valence-electron chi connectivity index (χ4n) is 0.806. The Morgan fingerprint density at radius 1 is 1.43 bits per heavy atom. The number of hydrogen-bond acceptors (Lipinski definition) is 2. The average molecular weight is 242 g/mol. The van der Waals surface area contributed by atoms with E-state index in [-0.39, 0.29) is 5.88 Å². The van der Waals surface area contributed by atoms with Gasteiger partial charge in [0.05, 0.1) is 11.6 Å². The minimum Gasteiger partial charge on any atom is -0.250 e. The van der Waals surface area contributed by atoms with Gasteiger partial charge in [-0.25, -0.2) is 4.98 Å². The Morgan fingerprint density at radius 2 is 2.14 bits per heavy atom. The van der Waals surface area contributed by atoms with Crippen LogP contribution in [0.2, 0.25) is 0 Å². The van der Waals surface area contributed by atoms with E-state index in [1.54, 1.807) is 12.1 Å². The van der Waals surface area contributed by atoms with Crippen LogP contribution in [0, 0.1) is 0 Å². The molecule has 0 N–H and O–H groups in total. The quantitative estimate of drug-likeness (QED) is 0.594. The lowest BCUT2D eigenvalue weighted by Gasteiger charge is -2.07. The van der Waals surface area contributed by atoms with E-state index in [1.165, 1.54) is 6.20 Å². The third kappa shape index (κ3) is 3.75. The van der Waals surface area contributed by atoms with Crippen molar-refractivity contribution in [2.75, 3.05) is 5.75 Å². The molecule has 0 radical (unpaired) electrons. The van der Waals surface area contributed by atoms with Crippen molar-refractivity contribution in [2.45, 2.75) is 17.1 Å². The molecule has 0 saturated heterocycles. The van der Waals surface area contributed by atoms with Crippen LogP contribution in [0.15, 0.2) is 23.4 Å². The first-order valence-corrected chi connectivity index (χ1v) is 5.24. The van der Waals surface area contributed by atoms with Crippen LogP contribution in [-0.4, -0.2) is 16.9 Å². The largest absolute Gasteiger partial charge is 0.398 e. The van der Waals surface area contributed by atoms with Crippen molar-refractivity contribution in [1.29, 1.82) is 0 Å².